The second-order valence-electron chi connectivity index (χ2n) is 7.32. The summed E-state index contributed by atoms with van der Waals surface area (Å²) < 4.78 is 0. The number of aryl methyl sites for hydroxylation is 2. The Morgan fingerprint density at radius 1 is 1.26 bits per heavy atom. The number of hydrogen-bond donors (Lipinski definition) is 2. The molecule has 1 amide bonds. The molecule has 2 atom stereocenters. The maximum atomic E-state index is 13.0. The van der Waals surface area contributed by atoms with Crippen molar-refractivity contribution in [1.82, 2.24) is 25.2 Å². The van der Waals surface area contributed by atoms with Crippen LogP contribution in [0.5, 0.6) is 0 Å². The molecular formula is C19H26N6OS. The van der Waals surface area contributed by atoms with E-state index in [0.717, 1.165) is 66.7 Å². The van der Waals surface area contributed by atoms with E-state index in [1.807, 2.05) is 31.0 Å². The van der Waals surface area contributed by atoms with Crippen molar-refractivity contribution in [3.8, 4) is 0 Å². The van der Waals surface area contributed by atoms with Gasteiger partial charge in [0.05, 0.1) is 17.8 Å². The Hall–Kier alpha value is -2.06. The number of nitrogens with one attached hydrogen (secondary N) is 2. The van der Waals surface area contributed by atoms with Gasteiger partial charge in [-0.2, -0.15) is 0 Å². The third kappa shape index (κ3) is 4.11. The summed E-state index contributed by atoms with van der Waals surface area (Å²) in [6.07, 6.45) is 7.02. The quantitative estimate of drug-likeness (QED) is 0.840. The van der Waals surface area contributed by atoms with E-state index in [4.69, 9.17) is 0 Å². The highest BCUT2D eigenvalue weighted by Crippen LogP contribution is 2.33. The van der Waals surface area contributed by atoms with Gasteiger partial charge in [0.1, 0.15) is 11.6 Å². The number of nitrogens with zero attached hydrogens (tertiary/aromatic N) is 4. The van der Waals surface area contributed by atoms with Gasteiger partial charge in [0, 0.05) is 23.7 Å². The summed E-state index contributed by atoms with van der Waals surface area (Å²) in [5.41, 5.74) is 0.917. The van der Waals surface area contributed by atoms with Crippen LogP contribution < -0.4 is 10.6 Å². The highest BCUT2D eigenvalue weighted by Gasteiger charge is 2.35. The molecule has 4 rings (SSSR count). The molecule has 0 radical (unpaired) electrons. The van der Waals surface area contributed by atoms with E-state index in [1.54, 1.807) is 11.3 Å². The van der Waals surface area contributed by atoms with E-state index >= 15 is 0 Å². The molecule has 2 aromatic heterocycles. The van der Waals surface area contributed by atoms with Crippen molar-refractivity contribution in [3.63, 3.8) is 0 Å². The smallest absolute Gasteiger partial charge is 0.240 e. The maximum Gasteiger partial charge on any atom is 0.240 e. The first-order valence-corrected chi connectivity index (χ1v) is 10.5. The molecule has 2 N–H and O–H groups in total. The molecule has 2 fully saturated rings. The van der Waals surface area contributed by atoms with Crippen molar-refractivity contribution in [2.24, 2.45) is 0 Å². The van der Waals surface area contributed by atoms with Crippen molar-refractivity contribution in [2.45, 2.75) is 58.0 Å². The Balaban J connectivity index is 1.55. The maximum absolute atomic E-state index is 13.0. The molecular weight excluding hydrogens is 360 g/mol. The van der Waals surface area contributed by atoms with Crippen molar-refractivity contribution in [3.05, 3.63) is 28.7 Å². The van der Waals surface area contributed by atoms with Crippen LogP contribution in [0.15, 0.2) is 12.3 Å². The van der Waals surface area contributed by atoms with Crippen LogP contribution in [-0.2, 0) is 4.79 Å². The fraction of sp³-hybridized carbons (Fsp3) is 0.579. The Kier molecular flexibility index (Phi) is 5.36. The van der Waals surface area contributed by atoms with Crippen LogP contribution >= 0.6 is 11.3 Å². The third-order valence-electron chi connectivity index (χ3n) is 5.20. The number of carbonyl (C=O) groups excluding carboxylic acids is 1. The van der Waals surface area contributed by atoms with Crippen molar-refractivity contribution in [2.75, 3.05) is 18.4 Å². The van der Waals surface area contributed by atoms with Crippen LogP contribution in [-0.4, -0.2) is 44.9 Å². The van der Waals surface area contributed by atoms with Crippen molar-refractivity contribution >= 4 is 28.2 Å². The molecule has 27 heavy (non-hydrogen) atoms. The number of hydrogen-bond acceptors (Lipinski definition) is 7. The van der Waals surface area contributed by atoms with Crippen molar-refractivity contribution < 1.29 is 4.79 Å². The van der Waals surface area contributed by atoms with Crippen LogP contribution in [0, 0.1) is 13.8 Å². The van der Waals surface area contributed by atoms with Gasteiger partial charge in [0.2, 0.25) is 5.91 Å². The van der Waals surface area contributed by atoms with Crippen LogP contribution in [0.3, 0.4) is 0 Å². The average Bonchev–Trinajstić information content (AvgIpc) is 3.30. The molecule has 4 heterocycles. The molecule has 0 spiro atoms. The minimum absolute atomic E-state index is 0.0292. The number of amides is 1. The van der Waals surface area contributed by atoms with E-state index in [9.17, 15) is 4.79 Å². The Morgan fingerprint density at radius 2 is 2.15 bits per heavy atom. The largest absolute Gasteiger partial charge is 0.333 e. The Labute approximate surface area is 163 Å². The molecule has 0 bridgehead atoms. The third-order valence-corrected chi connectivity index (χ3v) is 6.03. The van der Waals surface area contributed by atoms with E-state index in [2.05, 4.69) is 25.6 Å². The lowest BCUT2D eigenvalue weighted by molar-refractivity contribution is -0.135. The molecule has 0 aromatic carbocycles. The van der Waals surface area contributed by atoms with Gasteiger partial charge in [-0.1, -0.05) is 6.42 Å². The Morgan fingerprint density at radius 3 is 2.89 bits per heavy atom. The lowest BCUT2D eigenvalue weighted by Crippen LogP contribution is -2.48. The highest BCUT2D eigenvalue weighted by atomic mass is 32.1. The van der Waals surface area contributed by atoms with Crippen LogP contribution in [0.1, 0.15) is 54.5 Å². The monoisotopic (exact) mass is 386 g/mol. The molecule has 2 aliphatic rings. The summed E-state index contributed by atoms with van der Waals surface area (Å²) in [6.45, 7) is 5.66. The summed E-state index contributed by atoms with van der Waals surface area (Å²) >= 11 is 1.60. The topological polar surface area (TPSA) is 83.0 Å². The van der Waals surface area contributed by atoms with Gasteiger partial charge in [-0.25, -0.2) is 15.0 Å². The standard InChI is InChI=1S/C19H26N6OS/c1-12-11-21-19(27-12)24-17-10-15(22-13(2)23-17)16-7-5-9-25(16)18(26)14-6-3-4-8-20-14/h10-11,14,16,20H,3-9H2,1-2H3,(H,21,22,23,24)/t14-,16+/m1/s1. The van der Waals surface area contributed by atoms with Crippen LogP contribution in [0.25, 0.3) is 0 Å². The number of anilines is 2. The molecule has 7 nitrogen and oxygen atoms in total. The summed E-state index contributed by atoms with van der Waals surface area (Å²) in [5, 5.41) is 7.48. The molecule has 8 heteroatoms. The predicted molar refractivity (Wildman–Crippen MR) is 106 cm³/mol. The van der Waals surface area contributed by atoms with E-state index in [0.29, 0.717) is 5.82 Å². The first-order chi connectivity index (χ1) is 13.1. The second kappa shape index (κ2) is 7.90. The summed E-state index contributed by atoms with van der Waals surface area (Å²) in [7, 11) is 0. The van der Waals surface area contributed by atoms with Crippen LogP contribution in [0.4, 0.5) is 10.9 Å². The number of carbonyl (C=O) groups is 1. The molecule has 144 valence electrons. The van der Waals surface area contributed by atoms with Gasteiger partial charge in [-0.15, -0.1) is 11.3 Å². The summed E-state index contributed by atoms with van der Waals surface area (Å²) in [5.74, 6) is 1.67. The summed E-state index contributed by atoms with van der Waals surface area (Å²) in [4.78, 5) is 29.7. The zero-order chi connectivity index (χ0) is 18.8. The normalized spacial score (nSPS) is 22.8. The van der Waals surface area contributed by atoms with Gasteiger partial charge in [-0.05, 0) is 46.1 Å². The summed E-state index contributed by atoms with van der Waals surface area (Å²) in [6, 6.07) is 1.95. The zero-order valence-electron chi connectivity index (χ0n) is 15.9. The fourth-order valence-electron chi connectivity index (χ4n) is 3.95. The van der Waals surface area contributed by atoms with E-state index < -0.39 is 0 Å². The molecule has 2 aromatic rings. The number of aromatic nitrogens is 3. The van der Waals surface area contributed by atoms with E-state index in [1.165, 1.54) is 0 Å². The van der Waals surface area contributed by atoms with E-state index in [-0.39, 0.29) is 18.0 Å². The number of likely N-dealkylation sites (tertiary alicyclic amines) is 1. The number of piperidine rings is 1. The number of thiazole rings is 1. The minimum atomic E-state index is -0.0434. The molecule has 0 aliphatic carbocycles. The van der Waals surface area contributed by atoms with Gasteiger partial charge < -0.3 is 15.5 Å². The SMILES string of the molecule is Cc1nc(Nc2ncc(C)s2)cc([C@@H]2CCCN2C(=O)[C@H]2CCCCN2)n1. The molecule has 2 saturated heterocycles. The lowest BCUT2D eigenvalue weighted by atomic mass is 10.0. The second-order valence-corrected chi connectivity index (χ2v) is 8.55. The first-order valence-electron chi connectivity index (χ1n) is 9.69. The van der Waals surface area contributed by atoms with Crippen molar-refractivity contribution in [1.29, 1.82) is 0 Å². The highest BCUT2D eigenvalue weighted by molar-refractivity contribution is 7.15. The molecule has 0 saturated carbocycles. The predicted octanol–water partition coefficient (Wildman–Crippen LogP) is 3.10. The fourth-order valence-corrected chi connectivity index (χ4v) is 4.62. The zero-order valence-corrected chi connectivity index (χ0v) is 16.7. The van der Waals surface area contributed by atoms with Gasteiger partial charge >= 0.3 is 0 Å². The van der Waals surface area contributed by atoms with Gasteiger partial charge in [-0.3, -0.25) is 4.79 Å². The van der Waals surface area contributed by atoms with Gasteiger partial charge in [0.15, 0.2) is 5.13 Å². The number of rotatable bonds is 4. The van der Waals surface area contributed by atoms with Crippen LogP contribution in [0.2, 0.25) is 0 Å². The lowest BCUT2D eigenvalue weighted by Gasteiger charge is -2.31. The van der Waals surface area contributed by atoms with Gasteiger partial charge in [0.25, 0.3) is 0 Å². The minimum Gasteiger partial charge on any atom is -0.333 e. The Bertz CT molecular complexity index is 816. The average molecular weight is 387 g/mol. The molecule has 2 aliphatic heterocycles. The first kappa shape index (κ1) is 18.3. The molecule has 0 unspecified atom stereocenters.